The minimum absolute atomic E-state index is 0.316. The average molecular weight is 196 g/mol. The van der Waals surface area contributed by atoms with E-state index >= 15 is 0 Å². The number of halogens is 2. The Hall–Kier alpha value is -1.28. The average Bonchev–Trinajstić information content (AvgIpc) is 2.57. The molecule has 0 fully saturated rings. The molecule has 0 saturated carbocycles. The summed E-state index contributed by atoms with van der Waals surface area (Å²) in [5.74, 6) is -0.316. The predicted octanol–water partition coefficient (Wildman–Crippen LogP) is 3.27. The maximum Gasteiger partial charge on any atom is 0.148 e. The first-order valence-corrected chi connectivity index (χ1v) is 4.24. The third kappa shape index (κ3) is 1.45. The summed E-state index contributed by atoms with van der Waals surface area (Å²) in [7, 11) is 0. The van der Waals surface area contributed by atoms with Crippen LogP contribution in [-0.4, -0.2) is 4.57 Å². The summed E-state index contributed by atoms with van der Waals surface area (Å²) in [6.45, 7) is 0. The molecule has 2 rings (SSSR count). The molecule has 0 aliphatic heterocycles. The Labute approximate surface area is 80.4 Å². The molecule has 66 valence electrons. The number of nitrogens with zero attached hydrogens (tertiary/aromatic N) is 1. The van der Waals surface area contributed by atoms with Gasteiger partial charge in [-0.15, -0.1) is 0 Å². The van der Waals surface area contributed by atoms with Crippen LogP contribution in [0.5, 0.6) is 0 Å². The monoisotopic (exact) mass is 195 g/mol. The molecule has 1 aromatic heterocycles. The zero-order valence-corrected chi connectivity index (χ0v) is 7.50. The van der Waals surface area contributed by atoms with E-state index in [0.717, 1.165) is 0 Å². The van der Waals surface area contributed by atoms with Crippen molar-refractivity contribution >= 4 is 11.6 Å². The molecule has 0 amide bonds. The molecule has 13 heavy (non-hydrogen) atoms. The first-order valence-electron chi connectivity index (χ1n) is 3.86. The lowest BCUT2D eigenvalue weighted by Gasteiger charge is -2.05. The summed E-state index contributed by atoms with van der Waals surface area (Å²) < 4.78 is 15.0. The van der Waals surface area contributed by atoms with Crippen molar-refractivity contribution in [1.29, 1.82) is 0 Å². The van der Waals surface area contributed by atoms with Crippen LogP contribution in [0, 0.1) is 5.82 Å². The van der Waals surface area contributed by atoms with Gasteiger partial charge in [-0.3, -0.25) is 0 Å². The molecule has 0 aliphatic carbocycles. The van der Waals surface area contributed by atoms with Crippen molar-refractivity contribution in [3.05, 3.63) is 53.6 Å². The van der Waals surface area contributed by atoms with E-state index in [0.29, 0.717) is 10.7 Å². The molecule has 1 nitrogen and oxygen atoms in total. The maximum absolute atomic E-state index is 13.3. The van der Waals surface area contributed by atoms with E-state index in [1.165, 1.54) is 6.07 Å². The second-order valence-electron chi connectivity index (χ2n) is 2.66. The van der Waals surface area contributed by atoms with Crippen LogP contribution in [0.25, 0.3) is 5.69 Å². The Bertz CT molecular complexity index is 389. The first kappa shape index (κ1) is 8.32. The molecule has 0 aliphatic rings. The van der Waals surface area contributed by atoms with Gasteiger partial charge in [-0.2, -0.15) is 0 Å². The molecule has 2 aromatic rings. The maximum atomic E-state index is 13.3. The van der Waals surface area contributed by atoms with E-state index in [4.69, 9.17) is 11.6 Å². The fourth-order valence-corrected chi connectivity index (χ4v) is 1.48. The molecule has 1 heterocycles. The fourth-order valence-electron chi connectivity index (χ4n) is 1.22. The number of hydrogen-bond acceptors (Lipinski definition) is 0. The number of para-hydroxylation sites is 1. The lowest BCUT2D eigenvalue weighted by atomic mass is 10.3. The largest absolute Gasteiger partial charge is 0.320 e. The minimum Gasteiger partial charge on any atom is -0.320 e. The number of hydrogen-bond donors (Lipinski definition) is 0. The summed E-state index contributed by atoms with van der Waals surface area (Å²) in [4.78, 5) is 0. The Morgan fingerprint density at radius 3 is 2.38 bits per heavy atom. The van der Waals surface area contributed by atoms with Gasteiger partial charge in [0.2, 0.25) is 0 Å². The van der Waals surface area contributed by atoms with Gasteiger partial charge in [-0.1, -0.05) is 17.7 Å². The van der Waals surface area contributed by atoms with E-state index in [2.05, 4.69) is 0 Å². The van der Waals surface area contributed by atoms with E-state index in [1.54, 1.807) is 29.1 Å². The molecule has 3 heteroatoms. The summed E-state index contributed by atoms with van der Waals surface area (Å²) in [6, 6.07) is 8.29. The molecule has 0 unspecified atom stereocenters. The van der Waals surface area contributed by atoms with E-state index in [-0.39, 0.29) is 5.82 Å². The highest BCUT2D eigenvalue weighted by molar-refractivity contribution is 6.32. The van der Waals surface area contributed by atoms with Crippen molar-refractivity contribution in [3.63, 3.8) is 0 Å². The predicted molar refractivity (Wildman–Crippen MR) is 50.7 cm³/mol. The van der Waals surface area contributed by atoms with Crippen LogP contribution in [0.15, 0.2) is 42.7 Å². The normalized spacial score (nSPS) is 10.3. The van der Waals surface area contributed by atoms with Crippen molar-refractivity contribution in [3.8, 4) is 5.69 Å². The van der Waals surface area contributed by atoms with Crippen molar-refractivity contribution in [2.24, 2.45) is 0 Å². The van der Waals surface area contributed by atoms with Gasteiger partial charge in [-0.05, 0) is 24.3 Å². The van der Waals surface area contributed by atoms with Crippen LogP contribution < -0.4 is 0 Å². The van der Waals surface area contributed by atoms with Gasteiger partial charge < -0.3 is 4.57 Å². The molecular formula is C10H7ClFN. The van der Waals surface area contributed by atoms with Crippen molar-refractivity contribution in [2.75, 3.05) is 0 Å². The third-order valence-corrected chi connectivity index (χ3v) is 2.11. The highest BCUT2D eigenvalue weighted by Crippen LogP contribution is 2.22. The second-order valence-corrected chi connectivity index (χ2v) is 3.07. The summed E-state index contributed by atoms with van der Waals surface area (Å²) in [6.07, 6.45) is 3.51. The van der Waals surface area contributed by atoms with Gasteiger partial charge >= 0.3 is 0 Å². The van der Waals surface area contributed by atoms with Gasteiger partial charge in [0.05, 0.1) is 10.7 Å². The molecule has 0 spiro atoms. The quantitative estimate of drug-likeness (QED) is 0.658. The summed E-state index contributed by atoms with van der Waals surface area (Å²) in [5.41, 5.74) is 0.397. The van der Waals surface area contributed by atoms with Crippen LogP contribution >= 0.6 is 11.6 Å². The zero-order chi connectivity index (χ0) is 9.26. The van der Waals surface area contributed by atoms with Crippen molar-refractivity contribution in [1.82, 2.24) is 4.57 Å². The molecule has 0 N–H and O–H groups in total. The van der Waals surface area contributed by atoms with E-state index in [9.17, 15) is 4.39 Å². The fraction of sp³-hybridized carbons (Fsp3) is 0. The van der Waals surface area contributed by atoms with Gasteiger partial charge in [0.1, 0.15) is 5.82 Å². The van der Waals surface area contributed by atoms with Gasteiger partial charge in [0.15, 0.2) is 0 Å². The SMILES string of the molecule is Fc1cccc(Cl)c1-n1cccc1. The van der Waals surface area contributed by atoms with Gasteiger partial charge in [0, 0.05) is 12.4 Å². The van der Waals surface area contributed by atoms with Crippen LogP contribution in [0.4, 0.5) is 4.39 Å². The van der Waals surface area contributed by atoms with Crippen molar-refractivity contribution in [2.45, 2.75) is 0 Å². The molecule has 0 saturated heterocycles. The zero-order valence-electron chi connectivity index (χ0n) is 6.74. The molecule has 0 atom stereocenters. The Kier molecular flexibility index (Phi) is 2.07. The van der Waals surface area contributed by atoms with E-state index < -0.39 is 0 Å². The van der Waals surface area contributed by atoms with Crippen molar-refractivity contribution < 1.29 is 4.39 Å². The molecule has 1 aromatic carbocycles. The second kappa shape index (κ2) is 3.23. The summed E-state index contributed by atoms with van der Waals surface area (Å²) >= 11 is 5.86. The Balaban J connectivity index is 2.64. The molecule has 0 bridgehead atoms. The van der Waals surface area contributed by atoms with Crippen LogP contribution in [0.1, 0.15) is 0 Å². The molecule has 0 radical (unpaired) electrons. The number of benzene rings is 1. The van der Waals surface area contributed by atoms with Gasteiger partial charge in [0.25, 0.3) is 0 Å². The Morgan fingerprint density at radius 1 is 1.08 bits per heavy atom. The lowest BCUT2D eigenvalue weighted by Crippen LogP contribution is -1.94. The lowest BCUT2D eigenvalue weighted by molar-refractivity contribution is 0.618. The number of aromatic nitrogens is 1. The standard InChI is InChI=1S/C10H7ClFN/c11-8-4-3-5-9(12)10(8)13-6-1-2-7-13/h1-7H. The number of rotatable bonds is 1. The smallest absolute Gasteiger partial charge is 0.148 e. The topological polar surface area (TPSA) is 4.93 Å². The molecular weight excluding hydrogens is 189 g/mol. The van der Waals surface area contributed by atoms with Gasteiger partial charge in [-0.25, -0.2) is 4.39 Å². The Morgan fingerprint density at radius 2 is 1.77 bits per heavy atom. The first-order chi connectivity index (χ1) is 6.29. The van der Waals surface area contributed by atoms with Crippen LogP contribution in [0.2, 0.25) is 5.02 Å². The minimum atomic E-state index is -0.316. The summed E-state index contributed by atoms with van der Waals surface area (Å²) in [5, 5.41) is 0.413. The van der Waals surface area contributed by atoms with Crippen LogP contribution in [-0.2, 0) is 0 Å². The van der Waals surface area contributed by atoms with Crippen LogP contribution in [0.3, 0.4) is 0 Å². The van der Waals surface area contributed by atoms with E-state index in [1.807, 2.05) is 12.1 Å². The highest BCUT2D eigenvalue weighted by Gasteiger charge is 2.06. The third-order valence-electron chi connectivity index (χ3n) is 1.80. The highest BCUT2D eigenvalue weighted by atomic mass is 35.5.